The summed E-state index contributed by atoms with van der Waals surface area (Å²) in [6.07, 6.45) is 1.28. The van der Waals surface area contributed by atoms with Crippen LogP contribution in [0.1, 0.15) is 38.8 Å². The summed E-state index contributed by atoms with van der Waals surface area (Å²) in [5.74, 6) is -0.217. The van der Waals surface area contributed by atoms with Gasteiger partial charge in [0.15, 0.2) is 0 Å². The molecule has 0 saturated carbocycles. The SMILES string of the molecule is O=C(CCNC(=O)c1ccsc1)NCC(c1ccc(Cl)cc1)N1CCc2sccc2C1. The largest absolute Gasteiger partial charge is 0.354 e. The monoisotopic (exact) mass is 473 g/mol. The fraction of sp³-hybridized carbons (Fsp3) is 0.304. The van der Waals surface area contributed by atoms with E-state index in [1.165, 1.54) is 21.8 Å². The van der Waals surface area contributed by atoms with E-state index in [9.17, 15) is 9.59 Å². The van der Waals surface area contributed by atoms with E-state index in [1.54, 1.807) is 11.4 Å². The van der Waals surface area contributed by atoms with E-state index in [-0.39, 0.29) is 24.3 Å². The predicted octanol–water partition coefficient (Wildman–Crippen LogP) is 4.50. The second kappa shape index (κ2) is 10.4. The molecule has 1 aliphatic rings. The highest BCUT2D eigenvalue weighted by Crippen LogP contribution is 2.30. The van der Waals surface area contributed by atoms with Crippen LogP contribution < -0.4 is 10.6 Å². The van der Waals surface area contributed by atoms with Gasteiger partial charge in [-0.25, -0.2) is 0 Å². The van der Waals surface area contributed by atoms with Crippen LogP contribution in [0.5, 0.6) is 0 Å². The van der Waals surface area contributed by atoms with Gasteiger partial charge in [-0.15, -0.1) is 11.3 Å². The lowest BCUT2D eigenvalue weighted by atomic mass is 10.0. The van der Waals surface area contributed by atoms with E-state index >= 15 is 0 Å². The Morgan fingerprint density at radius 3 is 2.71 bits per heavy atom. The number of rotatable bonds is 8. The molecule has 0 radical (unpaired) electrons. The molecule has 3 aromatic rings. The fourth-order valence-corrected chi connectivity index (χ4v) is 5.41. The number of benzene rings is 1. The van der Waals surface area contributed by atoms with Crippen LogP contribution in [-0.2, 0) is 17.8 Å². The minimum atomic E-state index is -0.145. The molecule has 1 atom stereocenters. The molecule has 0 spiro atoms. The van der Waals surface area contributed by atoms with E-state index in [4.69, 9.17) is 11.6 Å². The Morgan fingerprint density at radius 1 is 1.10 bits per heavy atom. The Morgan fingerprint density at radius 2 is 1.94 bits per heavy atom. The van der Waals surface area contributed by atoms with Crippen LogP contribution in [0.15, 0.2) is 52.5 Å². The maximum absolute atomic E-state index is 12.4. The minimum Gasteiger partial charge on any atom is -0.354 e. The third kappa shape index (κ3) is 5.74. The number of amides is 2. The van der Waals surface area contributed by atoms with E-state index in [1.807, 2.05) is 41.0 Å². The first-order chi connectivity index (χ1) is 15.1. The molecule has 1 aliphatic heterocycles. The molecule has 2 amide bonds. The summed E-state index contributed by atoms with van der Waals surface area (Å²) in [6.45, 7) is 2.65. The Hall–Kier alpha value is -2.19. The third-order valence-electron chi connectivity index (χ3n) is 5.45. The van der Waals surface area contributed by atoms with Gasteiger partial charge in [0.05, 0.1) is 6.04 Å². The average Bonchev–Trinajstić information content (AvgIpc) is 3.47. The lowest BCUT2D eigenvalue weighted by Gasteiger charge is -2.35. The van der Waals surface area contributed by atoms with Gasteiger partial charge in [0, 0.05) is 53.4 Å². The van der Waals surface area contributed by atoms with Crippen LogP contribution >= 0.6 is 34.3 Å². The number of nitrogens with zero attached hydrogens (tertiary/aromatic N) is 1. The second-order valence-corrected chi connectivity index (χ2v) is 9.70. The second-order valence-electron chi connectivity index (χ2n) is 7.48. The zero-order chi connectivity index (χ0) is 21.6. The van der Waals surface area contributed by atoms with E-state index in [0.717, 1.165) is 25.1 Å². The molecule has 4 rings (SSSR count). The van der Waals surface area contributed by atoms with Gasteiger partial charge >= 0.3 is 0 Å². The zero-order valence-corrected chi connectivity index (χ0v) is 19.4. The van der Waals surface area contributed by atoms with Crippen LogP contribution in [0, 0.1) is 0 Å². The van der Waals surface area contributed by atoms with Gasteiger partial charge in [-0.1, -0.05) is 23.7 Å². The number of carbonyl (C=O) groups is 2. The van der Waals surface area contributed by atoms with Crippen molar-refractivity contribution in [3.8, 4) is 0 Å². The Labute approximate surface area is 195 Å². The van der Waals surface area contributed by atoms with Gasteiger partial charge in [-0.05, 0) is 52.6 Å². The highest BCUT2D eigenvalue weighted by Gasteiger charge is 2.26. The highest BCUT2D eigenvalue weighted by molar-refractivity contribution is 7.10. The van der Waals surface area contributed by atoms with Crippen LogP contribution in [0.4, 0.5) is 0 Å². The molecule has 2 aromatic heterocycles. The lowest BCUT2D eigenvalue weighted by molar-refractivity contribution is -0.121. The van der Waals surface area contributed by atoms with Crippen molar-refractivity contribution in [3.63, 3.8) is 0 Å². The zero-order valence-electron chi connectivity index (χ0n) is 17.0. The first-order valence-electron chi connectivity index (χ1n) is 10.2. The van der Waals surface area contributed by atoms with E-state index in [2.05, 4.69) is 27.0 Å². The van der Waals surface area contributed by atoms with Crippen LogP contribution in [0.25, 0.3) is 0 Å². The van der Waals surface area contributed by atoms with Crippen molar-refractivity contribution in [1.29, 1.82) is 0 Å². The first-order valence-corrected chi connectivity index (χ1v) is 12.4. The standard InChI is InChI=1S/C23H24ClN3O2S2/c24-19-3-1-16(2-4-19)20(27-10-6-21-17(14-27)8-12-31-21)13-26-22(28)5-9-25-23(29)18-7-11-30-15-18/h1-4,7-8,11-12,15,20H,5-6,9-10,13-14H2,(H,25,29)(H,26,28). The van der Waals surface area contributed by atoms with Gasteiger partial charge < -0.3 is 10.6 Å². The highest BCUT2D eigenvalue weighted by atomic mass is 35.5. The maximum Gasteiger partial charge on any atom is 0.252 e. The molecule has 5 nitrogen and oxygen atoms in total. The van der Waals surface area contributed by atoms with Gasteiger partial charge in [0.1, 0.15) is 0 Å². The number of halogens is 1. The lowest BCUT2D eigenvalue weighted by Crippen LogP contribution is -2.41. The Balaban J connectivity index is 1.34. The molecule has 162 valence electrons. The molecule has 1 unspecified atom stereocenters. The normalized spacial score (nSPS) is 14.6. The van der Waals surface area contributed by atoms with Crippen molar-refractivity contribution in [1.82, 2.24) is 15.5 Å². The molecule has 1 aromatic carbocycles. The minimum absolute atomic E-state index is 0.0645. The van der Waals surface area contributed by atoms with Crippen molar-refractivity contribution in [3.05, 3.63) is 79.1 Å². The quantitative estimate of drug-likeness (QED) is 0.506. The summed E-state index contributed by atoms with van der Waals surface area (Å²) in [7, 11) is 0. The number of thiophene rings is 2. The number of fused-ring (bicyclic) bond motifs is 1. The molecule has 2 N–H and O–H groups in total. The summed E-state index contributed by atoms with van der Waals surface area (Å²) in [5, 5.41) is 12.4. The summed E-state index contributed by atoms with van der Waals surface area (Å²) in [6, 6.07) is 11.9. The molecule has 0 aliphatic carbocycles. The van der Waals surface area contributed by atoms with Crippen molar-refractivity contribution in [2.75, 3.05) is 19.6 Å². The molecule has 0 fully saturated rings. The molecular formula is C23H24ClN3O2S2. The van der Waals surface area contributed by atoms with Gasteiger partial charge in [-0.2, -0.15) is 11.3 Å². The predicted molar refractivity (Wildman–Crippen MR) is 127 cm³/mol. The number of hydrogen-bond acceptors (Lipinski definition) is 5. The van der Waals surface area contributed by atoms with E-state index in [0.29, 0.717) is 23.7 Å². The average molecular weight is 474 g/mol. The summed E-state index contributed by atoms with van der Waals surface area (Å²) >= 11 is 9.38. The molecular weight excluding hydrogens is 450 g/mol. The smallest absolute Gasteiger partial charge is 0.252 e. The number of carbonyl (C=O) groups excluding carboxylic acids is 2. The molecule has 8 heteroatoms. The van der Waals surface area contributed by atoms with Crippen molar-refractivity contribution < 1.29 is 9.59 Å². The molecule has 0 bridgehead atoms. The van der Waals surface area contributed by atoms with Crippen molar-refractivity contribution >= 4 is 46.1 Å². The summed E-state index contributed by atoms with van der Waals surface area (Å²) in [4.78, 5) is 28.3. The van der Waals surface area contributed by atoms with Crippen LogP contribution in [-0.4, -0.2) is 36.3 Å². The Kier molecular flexibility index (Phi) is 7.40. The number of nitrogens with one attached hydrogen (secondary N) is 2. The van der Waals surface area contributed by atoms with Gasteiger partial charge in [-0.3, -0.25) is 14.5 Å². The molecule has 3 heterocycles. The van der Waals surface area contributed by atoms with Gasteiger partial charge in [0.2, 0.25) is 5.91 Å². The Bertz CT molecular complexity index is 1020. The summed E-state index contributed by atoms with van der Waals surface area (Å²) < 4.78 is 0. The third-order valence-corrected chi connectivity index (χ3v) is 7.40. The molecule has 31 heavy (non-hydrogen) atoms. The van der Waals surface area contributed by atoms with Gasteiger partial charge in [0.25, 0.3) is 5.91 Å². The molecule has 0 saturated heterocycles. The first kappa shape index (κ1) is 22.0. The fourth-order valence-electron chi connectivity index (χ4n) is 3.76. The van der Waals surface area contributed by atoms with Crippen molar-refractivity contribution in [2.24, 2.45) is 0 Å². The van der Waals surface area contributed by atoms with E-state index < -0.39 is 0 Å². The van der Waals surface area contributed by atoms with Crippen LogP contribution in [0.2, 0.25) is 5.02 Å². The van der Waals surface area contributed by atoms with Crippen LogP contribution in [0.3, 0.4) is 0 Å². The van der Waals surface area contributed by atoms with Crippen molar-refractivity contribution in [2.45, 2.75) is 25.4 Å². The topological polar surface area (TPSA) is 61.4 Å². The summed E-state index contributed by atoms with van der Waals surface area (Å²) in [5.41, 5.74) is 3.14. The maximum atomic E-state index is 12.4. The number of hydrogen-bond donors (Lipinski definition) is 2.